The molecule has 2 atom stereocenters. The molecule has 1 heterocycles. The normalized spacial score (nSPS) is 22.6. The van der Waals surface area contributed by atoms with Crippen molar-refractivity contribution in [3.05, 3.63) is 24.3 Å². The zero-order valence-electron chi connectivity index (χ0n) is 11.2. The Bertz CT molecular complexity index is 468. The summed E-state index contributed by atoms with van der Waals surface area (Å²) in [7, 11) is 0. The minimum absolute atomic E-state index is 0.0284. The van der Waals surface area contributed by atoms with Gasteiger partial charge in [-0.2, -0.15) is 8.78 Å². The number of para-hydroxylation sites is 2. The standard InChI is InChI=1S/C14H18F2N2O2/c1-9-5-4-8-17-12(9)13(19)18-10-6-2-3-7-11(10)20-14(15)16/h2-3,6-7,9,12,14,17H,4-5,8H2,1H3,(H,18,19). The van der Waals surface area contributed by atoms with Gasteiger partial charge in [-0.1, -0.05) is 19.1 Å². The highest BCUT2D eigenvalue weighted by atomic mass is 19.3. The molecule has 1 fully saturated rings. The molecule has 110 valence electrons. The number of alkyl halides is 2. The zero-order valence-corrected chi connectivity index (χ0v) is 11.2. The molecule has 0 radical (unpaired) electrons. The van der Waals surface area contributed by atoms with Crippen molar-refractivity contribution in [1.82, 2.24) is 5.32 Å². The van der Waals surface area contributed by atoms with Crippen LogP contribution in [0.2, 0.25) is 0 Å². The smallest absolute Gasteiger partial charge is 0.387 e. The van der Waals surface area contributed by atoms with E-state index >= 15 is 0 Å². The lowest BCUT2D eigenvalue weighted by Crippen LogP contribution is -2.48. The van der Waals surface area contributed by atoms with E-state index in [4.69, 9.17) is 0 Å². The first-order valence-electron chi connectivity index (χ1n) is 6.66. The van der Waals surface area contributed by atoms with Gasteiger partial charge in [-0.05, 0) is 37.4 Å². The van der Waals surface area contributed by atoms with Gasteiger partial charge in [-0.15, -0.1) is 0 Å². The molecule has 1 aliphatic rings. The molecule has 0 bridgehead atoms. The maximum absolute atomic E-state index is 12.3. The van der Waals surface area contributed by atoms with Crippen molar-refractivity contribution in [2.24, 2.45) is 5.92 Å². The van der Waals surface area contributed by atoms with E-state index in [0.717, 1.165) is 19.4 Å². The average Bonchev–Trinajstić information content (AvgIpc) is 2.41. The number of anilines is 1. The van der Waals surface area contributed by atoms with Crippen LogP contribution in [-0.2, 0) is 4.79 Å². The summed E-state index contributed by atoms with van der Waals surface area (Å²) >= 11 is 0. The molecule has 1 aromatic carbocycles. The number of carbonyl (C=O) groups excluding carboxylic acids is 1. The Morgan fingerprint density at radius 2 is 2.20 bits per heavy atom. The summed E-state index contributed by atoms with van der Waals surface area (Å²) in [5.74, 6) is -0.0336. The first kappa shape index (κ1) is 14.7. The first-order valence-corrected chi connectivity index (χ1v) is 6.66. The van der Waals surface area contributed by atoms with E-state index in [-0.39, 0.29) is 29.3 Å². The highest BCUT2D eigenvalue weighted by Crippen LogP contribution is 2.26. The first-order chi connectivity index (χ1) is 9.58. The van der Waals surface area contributed by atoms with Crippen LogP contribution < -0.4 is 15.4 Å². The van der Waals surface area contributed by atoms with Crippen molar-refractivity contribution in [3.63, 3.8) is 0 Å². The molecule has 6 heteroatoms. The van der Waals surface area contributed by atoms with E-state index in [0.29, 0.717) is 0 Å². The Balaban J connectivity index is 2.07. The average molecular weight is 284 g/mol. The molecule has 2 rings (SSSR count). The Morgan fingerprint density at radius 3 is 2.90 bits per heavy atom. The SMILES string of the molecule is CC1CCCNC1C(=O)Nc1ccccc1OC(F)F. The van der Waals surface area contributed by atoms with Crippen LogP contribution in [0.25, 0.3) is 0 Å². The molecule has 0 spiro atoms. The molecule has 1 aliphatic heterocycles. The van der Waals surface area contributed by atoms with Crippen LogP contribution in [0.1, 0.15) is 19.8 Å². The number of ether oxygens (including phenoxy) is 1. The maximum Gasteiger partial charge on any atom is 0.387 e. The van der Waals surface area contributed by atoms with Gasteiger partial charge in [0, 0.05) is 0 Å². The van der Waals surface area contributed by atoms with Gasteiger partial charge in [0.25, 0.3) is 0 Å². The molecular formula is C14H18F2N2O2. The van der Waals surface area contributed by atoms with Gasteiger partial charge in [-0.3, -0.25) is 4.79 Å². The zero-order chi connectivity index (χ0) is 14.5. The molecule has 4 nitrogen and oxygen atoms in total. The fourth-order valence-electron chi connectivity index (χ4n) is 2.38. The highest BCUT2D eigenvalue weighted by Gasteiger charge is 2.27. The molecule has 1 amide bonds. The van der Waals surface area contributed by atoms with Crippen LogP contribution in [-0.4, -0.2) is 25.1 Å². The van der Waals surface area contributed by atoms with Gasteiger partial charge in [0.05, 0.1) is 11.7 Å². The lowest BCUT2D eigenvalue weighted by atomic mass is 9.92. The molecule has 2 unspecified atom stereocenters. The summed E-state index contributed by atoms with van der Waals surface area (Å²) < 4.78 is 29.0. The van der Waals surface area contributed by atoms with E-state index in [1.807, 2.05) is 6.92 Å². The van der Waals surface area contributed by atoms with Crippen molar-refractivity contribution >= 4 is 11.6 Å². The Labute approximate surface area is 116 Å². The number of benzene rings is 1. The predicted molar refractivity (Wildman–Crippen MR) is 71.9 cm³/mol. The second-order valence-electron chi connectivity index (χ2n) is 4.92. The van der Waals surface area contributed by atoms with Gasteiger partial charge in [0.2, 0.25) is 5.91 Å². The summed E-state index contributed by atoms with van der Waals surface area (Å²) in [6, 6.07) is 5.88. The number of nitrogens with one attached hydrogen (secondary N) is 2. The molecule has 2 N–H and O–H groups in total. The predicted octanol–water partition coefficient (Wildman–Crippen LogP) is 2.61. The Morgan fingerprint density at radius 1 is 1.45 bits per heavy atom. The number of halogens is 2. The van der Waals surface area contributed by atoms with E-state index in [1.54, 1.807) is 18.2 Å². The lowest BCUT2D eigenvalue weighted by Gasteiger charge is -2.29. The van der Waals surface area contributed by atoms with E-state index in [2.05, 4.69) is 15.4 Å². The van der Waals surface area contributed by atoms with Gasteiger partial charge < -0.3 is 15.4 Å². The number of piperidine rings is 1. The van der Waals surface area contributed by atoms with Gasteiger partial charge in [0.1, 0.15) is 5.75 Å². The molecule has 0 aliphatic carbocycles. The fourth-order valence-corrected chi connectivity index (χ4v) is 2.38. The largest absolute Gasteiger partial charge is 0.433 e. The molecule has 1 aromatic rings. The lowest BCUT2D eigenvalue weighted by molar-refractivity contribution is -0.119. The summed E-state index contributed by atoms with van der Waals surface area (Å²) in [5, 5.41) is 5.80. The second kappa shape index (κ2) is 6.65. The summed E-state index contributed by atoms with van der Waals surface area (Å²) in [5.41, 5.74) is 0.261. The molecular weight excluding hydrogens is 266 g/mol. The number of amides is 1. The van der Waals surface area contributed by atoms with Gasteiger partial charge in [-0.25, -0.2) is 0 Å². The van der Waals surface area contributed by atoms with Crippen LogP contribution in [0.4, 0.5) is 14.5 Å². The van der Waals surface area contributed by atoms with Crippen LogP contribution in [0.5, 0.6) is 5.75 Å². The van der Waals surface area contributed by atoms with Crippen molar-refractivity contribution < 1.29 is 18.3 Å². The molecule has 0 aromatic heterocycles. The van der Waals surface area contributed by atoms with Crippen LogP contribution >= 0.6 is 0 Å². The summed E-state index contributed by atoms with van der Waals surface area (Å²) in [6.07, 6.45) is 2.01. The molecule has 20 heavy (non-hydrogen) atoms. The topological polar surface area (TPSA) is 50.4 Å². The third kappa shape index (κ3) is 3.66. The monoisotopic (exact) mass is 284 g/mol. The van der Waals surface area contributed by atoms with Crippen molar-refractivity contribution in [3.8, 4) is 5.75 Å². The summed E-state index contributed by atoms with van der Waals surface area (Å²) in [4.78, 5) is 12.2. The van der Waals surface area contributed by atoms with Crippen LogP contribution in [0.3, 0.4) is 0 Å². The Hall–Kier alpha value is -1.69. The number of rotatable bonds is 4. The van der Waals surface area contributed by atoms with Gasteiger partial charge >= 0.3 is 6.61 Å². The maximum atomic E-state index is 12.3. The van der Waals surface area contributed by atoms with E-state index in [1.165, 1.54) is 6.07 Å². The molecule has 0 saturated carbocycles. The van der Waals surface area contributed by atoms with E-state index in [9.17, 15) is 13.6 Å². The van der Waals surface area contributed by atoms with Crippen LogP contribution in [0, 0.1) is 5.92 Å². The third-order valence-corrected chi connectivity index (χ3v) is 3.41. The minimum atomic E-state index is -2.92. The number of hydrogen-bond acceptors (Lipinski definition) is 3. The fraction of sp³-hybridized carbons (Fsp3) is 0.500. The molecule has 1 saturated heterocycles. The summed E-state index contributed by atoms with van der Waals surface area (Å²) in [6.45, 7) is -0.130. The van der Waals surface area contributed by atoms with Crippen molar-refractivity contribution in [1.29, 1.82) is 0 Å². The number of hydrogen-bond donors (Lipinski definition) is 2. The van der Waals surface area contributed by atoms with Crippen molar-refractivity contribution in [2.75, 3.05) is 11.9 Å². The third-order valence-electron chi connectivity index (χ3n) is 3.41. The van der Waals surface area contributed by atoms with Crippen molar-refractivity contribution in [2.45, 2.75) is 32.4 Å². The van der Waals surface area contributed by atoms with Gasteiger partial charge in [0.15, 0.2) is 0 Å². The Kier molecular flexibility index (Phi) is 4.89. The minimum Gasteiger partial charge on any atom is -0.433 e. The quantitative estimate of drug-likeness (QED) is 0.893. The van der Waals surface area contributed by atoms with E-state index < -0.39 is 6.61 Å². The number of carbonyl (C=O) groups is 1. The highest BCUT2D eigenvalue weighted by molar-refractivity contribution is 5.96. The second-order valence-corrected chi connectivity index (χ2v) is 4.92. The van der Waals surface area contributed by atoms with Crippen LogP contribution in [0.15, 0.2) is 24.3 Å².